The van der Waals surface area contributed by atoms with Crippen LogP contribution in [0.2, 0.25) is 0 Å². The van der Waals surface area contributed by atoms with Crippen molar-refractivity contribution >= 4 is 15.9 Å². The molecule has 0 saturated carbocycles. The van der Waals surface area contributed by atoms with Crippen LogP contribution in [-0.2, 0) is 10.0 Å². The third-order valence-corrected chi connectivity index (χ3v) is 6.88. The summed E-state index contributed by atoms with van der Waals surface area (Å²) in [4.78, 5) is 12.6. The molecule has 1 aromatic carbocycles. The highest BCUT2D eigenvalue weighted by molar-refractivity contribution is 7.89. The number of hydrogen-bond donors (Lipinski definition) is 1. The molecule has 1 atom stereocenters. The molecule has 1 aliphatic heterocycles. The van der Waals surface area contributed by atoms with Gasteiger partial charge in [0.1, 0.15) is 0 Å². The van der Waals surface area contributed by atoms with Gasteiger partial charge in [0.2, 0.25) is 10.0 Å². The number of unbranched alkanes of at least 4 members (excludes halogenated alkanes) is 2. The summed E-state index contributed by atoms with van der Waals surface area (Å²) in [7, 11) is -3.56. The van der Waals surface area contributed by atoms with E-state index >= 15 is 0 Å². The molecule has 1 aromatic rings. The summed E-state index contributed by atoms with van der Waals surface area (Å²) in [5, 5.41) is 2.89. The van der Waals surface area contributed by atoms with Crippen molar-refractivity contribution < 1.29 is 13.2 Å². The molecule has 2 rings (SSSR count). The van der Waals surface area contributed by atoms with E-state index in [9.17, 15) is 13.2 Å². The number of hydrogen-bond acceptors (Lipinski definition) is 3. The summed E-state index contributed by atoms with van der Waals surface area (Å²) in [6.07, 6.45) is 5.93. The maximum atomic E-state index is 13.0. The Morgan fingerprint density at radius 3 is 2.72 bits per heavy atom. The Kier molecular flexibility index (Phi) is 7.02. The molecular formula is C19H30N2O3S. The number of aryl methyl sites for hydroxylation is 1. The molecule has 25 heavy (non-hydrogen) atoms. The van der Waals surface area contributed by atoms with Gasteiger partial charge in [0.25, 0.3) is 5.91 Å². The largest absolute Gasteiger partial charge is 0.352 e. The van der Waals surface area contributed by atoms with E-state index in [0.29, 0.717) is 18.7 Å². The molecule has 0 aromatic heterocycles. The number of rotatable bonds is 7. The van der Waals surface area contributed by atoms with E-state index in [1.165, 1.54) is 6.07 Å². The number of amides is 1. The SMILES string of the molecule is CCCCCNC(=O)c1cc(S(=O)(=O)N2CCCCC2C)ccc1C. The third kappa shape index (κ3) is 4.82. The Labute approximate surface area is 151 Å². The molecule has 0 aliphatic carbocycles. The molecule has 1 saturated heterocycles. The van der Waals surface area contributed by atoms with Crippen LogP contribution < -0.4 is 5.32 Å². The van der Waals surface area contributed by atoms with Crippen molar-refractivity contribution in [3.63, 3.8) is 0 Å². The van der Waals surface area contributed by atoms with E-state index in [1.807, 2.05) is 13.8 Å². The van der Waals surface area contributed by atoms with Crippen LogP contribution in [0.15, 0.2) is 23.1 Å². The number of carbonyl (C=O) groups is 1. The summed E-state index contributed by atoms with van der Waals surface area (Å²) in [6.45, 7) is 7.07. The van der Waals surface area contributed by atoms with Gasteiger partial charge in [-0.2, -0.15) is 4.31 Å². The van der Waals surface area contributed by atoms with E-state index < -0.39 is 10.0 Å². The highest BCUT2D eigenvalue weighted by Gasteiger charge is 2.31. The fraction of sp³-hybridized carbons (Fsp3) is 0.632. The Morgan fingerprint density at radius 1 is 1.28 bits per heavy atom. The number of nitrogens with one attached hydrogen (secondary N) is 1. The molecule has 1 unspecified atom stereocenters. The monoisotopic (exact) mass is 366 g/mol. The lowest BCUT2D eigenvalue weighted by Gasteiger charge is -2.32. The number of nitrogens with zero attached hydrogens (tertiary/aromatic N) is 1. The number of sulfonamides is 1. The predicted molar refractivity (Wildman–Crippen MR) is 100 cm³/mol. The van der Waals surface area contributed by atoms with Gasteiger partial charge in [-0.05, 0) is 50.8 Å². The molecule has 0 bridgehead atoms. The summed E-state index contributed by atoms with van der Waals surface area (Å²) < 4.78 is 27.5. The van der Waals surface area contributed by atoms with Crippen molar-refractivity contribution in [2.24, 2.45) is 0 Å². The van der Waals surface area contributed by atoms with Gasteiger partial charge in [0, 0.05) is 24.7 Å². The van der Waals surface area contributed by atoms with E-state index in [0.717, 1.165) is 44.1 Å². The molecule has 1 amide bonds. The van der Waals surface area contributed by atoms with Crippen molar-refractivity contribution in [3.8, 4) is 0 Å². The maximum Gasteiger partial charge on any atom is 0.251 e. The average Bonchev–Trinajstić information content (AvgIpc) is 2.59. The predicted octanol–water partition coefficient (Wildman–Crippen LogP) is 3.48. The van der Waals surface area contributed by atoms with Crippen LogP contribution in [-0.4, -0.2) is 37.8 Å². The van der Waals surface area contributed by atoms with Crippen molar-refractivity contribution in [2.45, 2.75) is 70.2 Å². The number of benzene rings is 1. The van der Waals surface area contributed by atoms with Gasteiger partial charge in [-0.15, -0.1) is 0 Å². The van der Waals surface area contributed by atoms with Gasteiger partial charge in [-0.1, -0.05) is 32.3 Å². The highest BCUT2D eigenvalue weighted by atomic mass is 32.2. The second-order valence-corrected chi connectivity index (χ2v) is 8.79. The molecule has 1 N–H and O–H groups in total. The maximum absolute atomic E-state index is 13.0. The minimum Gasteiger partial charge on any atom is -0.352 e. The van der Waals surface area contributed by atoms with Gasteiger partial charge in [0.15, 0.2) is 0 Å². The van der Waals surface area contributed by atoms with Gasteiger partial charge in [-0.3, -0.25) is 4.79 Å². The van der Waals surface area contributed by atoms with Crippen molar-refractivity contribution in [2.75, 3.05) is 13.1 Å². The van der Waals surface area contributed by atoms with Gasteiger partial charge >= 0.3 is 0 Å². The smallest absolute Gasteiger partial charge is 0.251 e. The van der Waals surface area contributed by atoms with Gasteiger partial charge < -0.3 is 5.32 Å². The first-order chi connectivity index (χ1) is 11.9. The fourth-order valence-electron chi connectivity index (χ4n) is 3.24. The summed E-state index contributed by atoms with van der Waals surface area (Å²) in [5.41, 5.74) is 1.24. The summed E-state index contributed by atoms with van der Waals surface area (Å²) in [6, 6.07) is 4.87. The Balaban J connectivity index is 2.21. The Bertz CT molecular complexity index is 701. The zero-order chi connectivity index (χ0) is 18.4. The number of piperidine rings is 1. The quantitative estimate of drug-likeness (QED) is 0.751. The van der Waals surface area contributed by atoms with E-state index in [2.05, 4.69) is 12.2 Å². The molecule has 0 spiro atoms. The molecular weight excluding hydrogens is 336 g/mol. The molecule has 5 nitrogen and oxygen atoms in total. The van der Waals surface area contributed by atoms with E-state index in [4.69, 9.17) is 0 Å². The molecule has 1 fully saturated rings. The first-order valence-electron chi connectivity index (χ1n) is 9.28. The minimum atomic E-state index is -3.56. The molecule has 1 heterocycles. The van der Waals surface area contributed by atoms with Crippen molar-refractivity contribution in [1.82, 2.24) is 9.62 Å². The average molecular weight is 367 g/mol. The van der Waals surface area contributed by atoms with Crippen LogP contribution in [0, 0.1) is 6.92 Å². The second kappa shape index (κ2) is 8.81. The normalized spacial score (nSPS) is 18.9. The lowest BCUT2D eigenvalue weighted by Crippen LogP contribution is -2.42. The van der Waals surface area contributed by atoms with Gasteiger partial charge in [0.05, 0.1) is 4.90 Å². The van der Waals surface area contributed by atoms with Crippen LogP contribution in [0.1, 0.15) is 68.3 Å². The van der Waals surface area contributed by atoms with Crippen molar-refractivity contribution in [3.05, 3.63) is 29.3 Å². The standard InChI is InChI=1S/C19H30N2O3S/c1-4-5-7-12-20-19(22)18-14-17(11-10-15(18)2)25(23,24)21-13-8-6-9-16(21)3/h10-11,14,16H,4-9,12-13H2,1-3H3,(H,20,22). The molecule has 6 heteroatoms. The Hall–Kier alpha value is -1.40. The van der Waals surface area contributed by atoms with Crippen LogP contribution in [0.3, 0.4) is 0 Å². The lowest BCUT2D eigenvalue weighted by atomic mass is 10.1. The van der Waals surface area contributed by atoms with Crippen molar-refractivity contribution in [1.29, 1.82) is 0 Å². The van der Waals surface area contributed by atoms with Crippen LogP contribution in [0.25, 0.3) is 0 Å². The first kappa shape index (κ1) is 19.9. The highest BCUT2D eigenvalue weighted by Crippen LogP contribution is 2.26. The minimum absolute atomic E-state index is 0.00590. The van der Waals surface area contributed by atoms with Crippen LogP contribution in [0.4, 0.5) is 0 Å². The lowest BCUT2D eigenvalue weighted by molar-refractivity contribution is 0.0952. The molecule has 0 radical (unpaired) electrons. The molecule has 140 valence electrons. The fourth-order valence-corrected chi connectivity index (χ4v) is 4.97. The zero-order valence-electron chi connectivity index (χ0n) is 15.5. The van der Waals surface area contributed by atoms with E-state index in [1.54, 1.807) is 16.4 Å². The van der Waals surface area contributed by atoms with Crippen LogP contribution in [0.5, 0.6) is 0 Å². The zero-order valence-corrected chi connectivity index (χ0v) is 16.4. The summed E-state index contributed by atoms with van der Waals surface area (Å²) in [5.74, 6) is -0.197. The first-order valence-corrected chi connectivity index (χ1v) is 10.7. The molecule has 1 aliphatic rings. The van der Waals surface area contributed by atoms with Gasteiger partial charge in [-0.25, -0.2) is 8.42 Å². The number of carbonyl (C=O) groups excluding carboxylic acids is 1. The third-order valence-electron chi connectivity index (χ3n) is 4.87. The van der Waals surface area contributed by atoms with Crippen LogP contribution >= 0.6 is 0 Å². The topological polar surface area (TPSA) is 66.5 Å². The second-order valence-electron chi connectivity index (χ2n) is 6.90. The summed E-state index contributed by atoms with van der Waals surface area (Å²) >= 11 is 0. The Morgan fingerprint density at radius 2 is 2.04 bits per heavy atom. The van der Waals surface area contributed by atoms with E-state index in [-0.39, 0.29) is 16.8 Å².